The lowest BCUT2D eigenvalue weighted by atomic mass is 9.58. The molecule has 118 valence electrons. The molecule has 2 aliphatic rings. The number of hydrogen-bond donors (Lipinski definition) is 2. The number of ether oxygens (including phenoxy) is 1. The Morgan fingerprint density at radius 2 is 1.95 bits per heavy atom. The van der Waals surface area contributed by atoms with Gasteiger partial charge in [-0.2, -0.15) is 0 Å². The molecule has 1 saturated carbocycles. The maximum Gasteiger partial charge on any atom is 0.0791 e. The molecule has 0 radical (unpaired) electrons. The molecule has 0 aromatic heterocycles. The first-order valence-corrected chi connectivity index (χ1v) is 8.32. The SMILES string of the molecule is CCC1(CC)C(NCC(O)CN2CCCC2)CC1OC. The van der Waals surface area contributed by atoms with E-state index in [2.05, 4.69) is 24.1 Å². The van der Waals surface area contributed by atoms with Gasteiger partial charge in [-0.05, 0) is 45.2 Å². The first-order valence-electron chi connectivity index (χ1n) is 8.32. The molecule has 0 spiro atoms. The number of likely N-dealkylation sites (tertiary alicyclic amines) is 1. The molecule has 2 rings (SSSR count). The van der Waals surface area contributed by atoms with Gasteiger partial charge in [-0.1, -0.05) is 13.8 Å². The van der Waals surface area contributed by atoms with Crippen LogP contribution in [-0.4, -0.2) is 61.5 Å². The summed E-state index contributed by atoms with van der Waals surface area (Å²) in [7, 11) is 1.82. The molecule has 1 aliphatic heterocycles. The van der Waals surface area contributed by atoms with Crippen molar-refractivity contribution in [1.29, 1.82) is 0 Å². The molecule has 2 N–H and O–H groups in total. The van der Waals surface area contributed by atoms with Crippen LogP contribution in [0.2, 0.25) is 0 Å². The third-order valence-corrected chi connectivity index (χ3v) is 5.65. The molecule has 3 unspecified atom stereocenters. The highest BCUT2D eigenvalue weighted by Crippen LogP contribution is 2.48. The summed E-state index contributed by atoms with van der Waals surface area (Å²) in [6, 6.07) is 0.496. The lowest BCUT2D eigenvalue weighted by Crippen LogP contribution is -2.64. The van der Waals surface area contributed by atoms with Crippen molar-refractivity contribution in [2.45, 2.75) is 64.2 Å². The van der Waals surface area contributed by atoms with Crippen LogP contribution in [0.3, 0.4) is 0 Å². The number of rotatable bonds is 8. The Labute approximate surface area is 123 Å². The van der Waals surface area contributed by atoms with Crippen molar-refractivity contribution in [3.8, 4) is 0 Å². The van der Waals surface area contributed by atoms with Crippen LogP contribution < -0.4 is 5.32 Å². The Hall–Kier alpha value is -0.160. The summed E-state index contributed by atoms with van der Waals surface area (Å²) >= 11 is 0. The molecule has 20 heavy (non-hydrogen) atoms. The maximum atomic E-state index is 10.2. The van der Waals surface area contributed by atoms with Crippen LogP contribution in [-0.2, 0) is 4.74 Å². The van der Waals surface area contributed by atoms with Crippen molar-refractivity contribution in [1.82, 2.24) is 10.2 Å². The molecular weight excluding hydrogens is 252 g/mol. The highest BCUT2D eigenvalue weighted by atomic mass is 16.5. The molecule has 1 saturated heterocycles. The van der Waals surface area contributed by atoms with E-state index in [9.17, 15) is 5.11 Å². The van der Waals surface area contributed by atoms with Crippen molar-refractivity contribution in [3.05, 3.63) is 0 Å². The average molecular weight is 284 g/mol. The van der Waals surface area contributed by atoms with E-state index >= 15 is 0 Å². The van der Waals surface area contributed by atoms with E-state index in [0.717, 1.165) is 38.9 Å². The van der Waals surface area contributed by atoms with Crippen LogP contribution in [0.25, 0.3) is 0 Å². The maximum absolute atomic E-state index is 10.2. The van der Waals surface area contributed by atoms with E-state index in [1.165, 1.54) is 12.8 Å². The number of hydrogen-bond acceptors (Lipinski definition) is 4. The predicted molar refractivity (Wildman–Crippen MR) is 81.9 cm³/mol. The zero-order valence-electron chi connectivity index (χ0n) is 13.4. The number of aliphatic hydroxyl groups excluding tert-OH is 1. The van der Waals surface area contributed by atoms with Gasteiger partial charge in [-0.25, -0.2) is 0 Å². The van der Waals surface area contributed by atoms with Crippen molar-refractivity contribution in [2.75, 3.05) is 33.3 Å². The Bertz CT molecular complexity index is 288. The van der Waals surface area contributed by atoms with Crippen LogP contribution in [0.15, 0.2) is 0 Å². The molecule has 2 fully saturated rings. The molecule has 4 heteroatoms. The van der Waals surface area contributed by atoms with Crippen LogP contribution in [0.1, 0.15) is 46.0 Å². The third kappa shape index (κ3) is 3.19. The van der Waals surface area contributed by atoms with Crippen molar-refractivity contribution in [3.63, 3.8) is 0 Å². The summed E-state index contributed by atoms with van der Waals surface area (Å²) < 4.78 is 5.62. The van der Waals surface area contributed by atoms with Crippen LogP contribution >= 0.6 is 0 Å². The third-order valence-electron chi connectivity index (χ3n) is 5.65. The zero-order valence-corrected chi connectivity index (χ0v) is 13.4. The summed E-state index contributed by atoms with van der Waals surface area (Å²) in [5.74, 6) is 0. The minimum absolute atomic E-state index is 0.249. The lowest BCUT2D eigenvalue weighted by molar-refractivity contribution is -0.125. The molecule has 0 bridgehead atoms. The molecule has 0 aromatic carbocycles. The first kappa shape index (κ1) is 16.2. The van der Waals surface area contributed by atoms with Crippen LogP contribution in [0.5, 0.6) is 0 Å². The summed E-state index contributed by atoms with van der Waals surface area (Å²) in [6.07, 6.45) is 6.06. The van der Waals surface area contributed by atoms with E-state index < -0.39 is 0 Å². The smallest absolute Gasteiger partial charge is 0.0791 e. The number of β-amino-alcohol motifs (C(OH)–C–C–N with tert-alkyl or cyclic N) is 1. The van der Waals surface area contributed by atoms with Gasteiger partial charge in [0.1, 0.15) is 0 Å². The largest absolute Gasteiger partial charge is 0.390 e. The Morgan fingerprint density at radius 1 is 1.30 bits per heavy atom. The normalized spacial score (nSPS) is 31.2. The number of methoxy groups -OCH3 is 1. The van der Waals surface area contributed by atoms with Crippen LogP contribution in [0, 0.1) is 5.41 Å². The van der Waals surface area contributed by atoms with Crippen molar-refractivity contribution >= 4 is 0 Å². The van der Waals surface area contributed by atoms with Gasteiger partial charge in [0, 0.05) is 31.7 Å². The lowest BCUT2D eigenvalue weighted by Gasteiger charge is -2.55. The number of aliphatic hydroxyl groups is 1. The van der Waals surface area contributed by atoms with E-state index in [-0.39, 0.29) is 11.5 Å². The monoisotopic (exact) mass is 284 g/mol. The van der Waals surface area contributed by atoms with Gasteiger partial charge in [0.2, 0.25) is 0 Å². The number of nitrogens with zero attached hydrogens (tertiary/aromatic N) is 1. The molecule has 3 atom stereocenters. The Morgan fingerprint density at radius 3 is 2.50 bits per heavy atom. The molecular formula is C16H32N2O2. The topological polar surface area (TPSA) is 44.7 Å². The fourth-order valence-corrected chi connectivity index (χ4v) is 4.17. The zero-order chi connectivity index (χ0) is 14.6. The minimum Gasteiger partial charge on any atom is -0.390 e. The number of nitrogens with one attached hydrogen (secondary N) is 1. The molecule has 1 aliphatic carbocycles. The second kappa shape index (κ2) is 7.21. The average Bonchev–Trinajstić information content (AvgIpc) is 2.92. The van der Waals surface area contributed by atoms with Gasteiger partial charge < -0.3 is 20.1 Å². The quantitative estimate of drug-likeness (QED) is 0.711. The summed E-state index contributed by atoms with van der Waals surface area (Å²) in [5.41, 5.74) is 0.266. The van der Waals surface area contributed by atoms with Gasteiger partial charge in [0.25, 0.3) is 0 Å². The van der Waals surface area contributed by atoms with Gasteiger partial charge in [-0.3, -0.25) is 0 Å². The van der Waals surface area contributed by atoms with Gasteiger partial charge in [0.15, 0.2) is 0 Å². The summed E-state index contributed by atoms with van der Waals surface area (Å²) in [5, 5.41) is 13.8. The molecule has 1 heterocycles. The van der Waals surface area contributed by atoms with Crippen molar-refractivity contribution in [2.24, 2.45) is 5.41 Å². The summed E-state index contributed by atoms with van der Waals surface area (Å²) in [6.45, 7) is 8.34. The first-order chi connectivity index (χ1) is 9.66. The highest BCUT2D eigenvalue weighted by molar-refractivity contribution is 5.06. The second-order valence-corrected chi connectivity index (χ2v) is 6.52. The standard InChI is InChI=1S/C16H32N2O2/c1-4-16(5-2)14(10-15(16)20-3)17-11-13(19)12-18-8-6-7-9-18/h13-15,17,19H,4-12H2,1-3H3. The fraction of sp³-hybridized carbons (Fsp3) is 1.00. The molecule has 4 nitrogen and oxygen atoms in total. The highest BCUT2D eigenvalue weighted by Gasteiger charge is 2.52. The minimum atomic E-state index is -0.249. The molecule has 0 amide bonds. The van der Waals surface area contributed by atoms with E-state index in [1.54, 1.807) is 0 Å². The van der Waals surface area contributed by atoms with E-state index in [1.807, 2.05) is 7.11 Å². The fourth-order valence-electron chi connectivity index (χ4n) is 4.17. The van der Waals surface area contributed by atoms with E-state index in [0.29, 0.717) is 18.7 Å². The predicted octanol–water partition coefficient (Wildman–Crippen LogP) is 1.63. The summed E-state index contributed by atoms with van der Waals surface area (Å²) in [4.78, 5) is 2.37. The molecule has 0 aromatic rings. The van der Waals surface area contributed by atoms with Gasteiger partial charge >= 0.3 is 0 Å². The Kier molecular flexibility index (Phi) is 5.84. The van der Waals surface area contributed by atoms with E-state index in [4.69, 9.17) is 4.74 Å². The Balaban J connectivity index is 1.75. The van der Waals surface area contributed by atoms with Crippen LogP contribution in [0.4, 0.5) is 0 Å². The second-order valence-electron chi connectivity index (χ2n) is 6.52. The van der Waals surface area contributed by atoms with Gasteiger partial charge in [0.05, 0.1) is 12.2 Å². The van der Waals surface area contributed by atoms with Crippen molar-refractivity contribution < 1.29 is 9.84 Å². The van der Waals surface area contributed by atoms with Gasteiger partial charge in [-0.15, -0.1) is 0 Å².